The fourth-order valence-corrected chi connectivity index (χ4v) is 2.59. The van der Waals surface area contributed by atoms with E-state index in [2.05, 4.69) is 15.7 Å². The summed E-state index contributed by atoms with van der Waals surface area (Å²) in [6, 6.07) is 5.81. The van der Waals surface area contributed by atoms with Crippen LogP contribution in [0.3, 0.4) is 0 Å². The highest BCUT2D eigenvalue weighted by atomic mass is 32.1. The summed E-state index contributed by atoms with van der Waals surface area (Å²) in [5.41, 5.74) is 3.46. The van der Waals surface area contributed by atoms with E-state index in [9.17, 15) is 4.79 Å². The lowest BCUT2D eigenvalue weighted by atomic mass is 10.1. The van der Waals surface area contributed by atoms with Crippen molar-refractivity contribution in [1.82, 2.24) is 15.2 Å². The van der Waals surface area contributed by atoms with Gasteiger partial charge in [-0.15, -0.1) is 0 Å². The van der Waals surface area contributed by atoms with Gasteiger partial charge in [0, 0.05) is 31.1 Å². The van der Waals surface area contributed by atoms with Gasteiger partial charge in [0.25, 0.3) is 5.91 Å². The highest BCUT2D eigenvalue weighted by molar-refractivity contribution is 7.08. The Hall–Kier alpha value is -1.72. The van der Waals surface area contributed by atoms with E-state index in [1.54, 1.807) is 16.2 Å². The predicted octanol–water partition coefficient (Wildman–Crippen LogP) is 2.41. The smallest absolute Gasteiger partial charge is 0.255 e. The molecular weight excluding hydrogens is 270 g/mol. The molecule has 0 aliphatic carbocycles. The van der Waals surface area contributed by atoms with Crippen LogP contribution in [0.2, 0.25) is 0 Å². The van der Waals surface area contributed by atoms with E-state index < -0.39 is 0 Å². The Balaban J connectivity index is 2.19. The first-order valence-corrected chi connectivity index (χ1v) is 7.48. The zero-order chi connectivity index (χ0) is 14.5. The second-order valence-electron chi connectivity index (χ2n) is 4.67. The van der Waals surface area contributed by atoms with Crippen LogP contribution >= 0.6 is 11.3 Å². The van der Waals surface area contributed by atoms with E-state index in [1.165, 1.54) is 0 Å². The van der Waals surface area contributed by atoms with Crippen molar-refractivity contribution in [2.75, 3.05) is 27.2 Å². The Labute approximate surface area is 123 Å². The molecule has 0 atom stereocenters. The number of aryl methyl sites for hydroxylation is 1. The van der Waals surface area contributed by atoms with Gasteiger partial charge in [0.2, 0.25) is 0 Å². The molecule has 1 N–H and O–H groups in total. The summed E-state index contributed by atoms with van der Waals surface area (Å²) in [6.45, 7) is 3.35. The van der Waals surface area contributed by atoms with Gasteiger partial charge in [0.1, 0.15) is 0 Å². The quantitative estimate of drug-likeness (QED) is 0.919. The van der Waals surface area contributed by atoms with Crippen molar-refractivity contribution in [2.24, 2.45) is 0 Å². The average molecular weight is 289 g/mol. The molecule has 0 unspecified atom stereocenters. The molecule has 0 saturated heterocycles. The summed E-state index contributed by atoms with van der Waals surface area (Å²) in [5.74, 6) is 0.0159. The van der Waals surface area contributed by atoms with Crippen LogP contribution in [0.1, 0.15) is 16.1 Å². The number of carbonyl (C=O) groups is 1. The van der Waals surface area contributed by atoms with Crippen LogP contribution < -0.4 is 5.32 Å². The van der Waals surface area contributed by atoms with E-state index >= 15 is 0 Å². The number of carbonyl (C=O) groups excluding carboxylic acids is 1. The molecule has 2 aromatic rings. The minimum atomic E-state index is 0.0159. The molecule has 106 valence electrons. The molecule has 2 heterocycles. The minimum Gasteiger partial charge on any atom is -0.340 e. The molecule has 4 nitrogen and oxygen atoms in total. The summed E-state index contributed by atoms with van der Waals surface area (Å²) >= 11 is 1.64. The van der Waals surface area contributed by atoms with E-state index in [-0.39, 0.29) is 5.91 Å². The minimum absolute atomic E-state index is 0.0159. The number of thiophene rings is 1. The highest BCUT2D eigenvalue weighted by Gasteiger charge is 2.15. The molecule has 0 aliphatic heterocycles. The molecular formula is C15H19N3OS. The standard InChI is InChI=1S/C15H19N3OS/c1-11-13(15(19)18(3)8-7-16-2)4-5-14(17-11)12-6-9-20-10-12/h4-6,9-10,16H,7-8H2,1-3H3. The first-order valence-electron chi connectivity index (χ1n) is 6.53. The number of nitrogens with one attached hydrogen (secondary N) is 1. The van der Waals surface area contributed by atoms with Gasteiger partial charge in [-0.3, -0.25) is 9.78 Å². The van der Waals surface area contributed by atoms with Crippen LogP contribution in [0.5, 0.6) is 0 Å². The van der Waals surface area contributed by atoms with Crippen molar-refractivity contribution in [1.29, 1.82) is 0 Å². The Morgan fingerprint density at radius 3 is 2.80 bits per heavy atom. The lowest BCUT2D eigenvalue weighted by molar-refractivity contribution is 0.0795. The van der Waals surface area contributed by atoms with Crippen LogP contribution in [0.15, 0.2) is 29.0 Å². The van der Waals surface area contributed by atoms with Crippen molar-refractivity contribution >= 4 is 17.2 Å². The van der Waals surface area contributed by atoms with Gasteiger partial charge in [-0.2, -0.15) is 11.3 Å². The number of aromatic nitrogens is 1. The second-order valence-corrected chi connectivity index (χ2v) is 5.45. The van der Waals surface area contributed by atoms with Gasteiger partial charge < -0.3 is 10.2 Å². The first kappa shape index (κ1) is 14.7. The summed E-state index contributed by atoms with van der Waals surface area (Å²) in [5, 5.41) is 7.12. The number of pyridine rings is 1. The second kappa shape index (κ2) is 6.63. The van der Waals surface area contributed by atoms with Gasteiger partial charge >= 0.3 is 0 Å². The fraction of sp³-hybridized carbons (Fsp3) is 0.333. The number of likely N-dealkylation sites (N-methyl/N-ethyl adjacent to an activating group) is 2. The Kier molecular flexibility index (Phi) is 4.87. The fourth-order valence-electron chi connectivity index (χ4n) is 1.94. The largest absolute Gasteiger partial charge is 0.340 e. The van der Waals surface area contributed by atoms with Crippen LogP contribution in [0, 0.1) is 6.92 Å². The third kappa shape index (κ3) is 3.23. The van der Waals surface area contributed by atoms with Gasteiger partial charge in [-0.1, -0.05) is 0 Å². The van der Waals surface area contributed by atoms with Crippen molar-refractivity contribution in [3.05, 3.63) is 40.2 Å². The molecule has 2 aromatic heterocycles. The highest BCUT2D eigenvalue weighted by Crippen LogP contribution is 2.21. The molecule has 1 amide bonds. The van der Waals surface area contributed by atoms with E-state index in [4.69, 9.17) is 0 Å². The topological polar surface area (TPSA) is 45.2 Å². The molecule has 2 rings (SSSR count). The maximum Gasteiger partial charge on any atom is 0.255 e. The maximum absolute atomic E-state index is 12.3. The van der Waals surface area contributed by atoms with Gasteiger partial charge in [0.05, 0.1) is 17.0 Å². The summed E-state index contributed by atoms with van der Waals surface area (Å²) in [6.07, 6.45) is 0. The number of rotatable bonds is 5. The number of nitrogens with zero attached hydrogens (tertiary/aromatic N) is 2. The lowest BCUT2D eigenvalue weighted by Crippen LogP contribution is -2.33. The van der Waals surface area contributed by atoms with E-state index in [0.29, 0.717) is 12.1 Å². The zero-order valence-corrected chi connectivity index (χ0v) is 12.8. The maximum atomic E-state index is 12.3. The molecule has 0 bridgehead atoms. The van der Waals surface area contributed by atoms with Crippen LogP contribution in [0.4, 0.5) is 0 Å². The molecule has 0 saturated carbocycles. The summed E-state index contributed by atoms with van der Waals surface area (Å²) in [4.78, 5) is 18.6. The normalized spacial score (nSPS) is 10.6. The molecule has 0 aromatic carbocycles. The third-order valence-corrected chi connectivity index (χ3v) is 3.86. The SMILES string of the molecule is CNCCN(C)C(=O)c1ccc(-c2ccsc2)nc1C. The van der Waals surface area contributed by atoms with Crippen LogP contribution in [0.25, 0.3) is 11.3 Å². The Morgan fingerprint density at radius 2 is 2.20 bits per heavy atom. The molecule has 5 heteroatoms. The van der Waals surface area contributed by atoms with Crippen molar-refractivity contribution in [3.8, 4) is 11.3 Å². The Bertz CT molecular complexity index is 581. The number of hydrogen-bond donors (Lipinski definition) is 1. The van der Waals surface area contributed by atoms with Crippen molar-refractivity contribution in [3.63, 3.8) is 0 Å². The molecule has 0 fully saturated rings. The van der Waals surface area contributed by atoms with Crippen molar-refractivity contribution in [2.45, 2.75) is 6.92 Å². The van der Waals surface area contributed by atoms with Gasteiger partial charge in [-0.25, -0.2) is 0 Å². The van der Waals surface area contributed by atoms with Crippen LogP contribution in [-0.4, -0.2) is 43.0 Å². The molecule has 0 radical (unpaired) electrons. The summed E-state index contributed by atoms with van der Waals surface area (Å²) < 4.78 is 0. The predicted molar refractivity (Wildman–Crippen MR) is 83.2 cm³/mol. The van der Waals surface area contributed by atoms with Gasteiger partial charge in [-0.05, 0) is 37.6 Å². The van der Waals surface area contributed by atoms with Gasteiger partial charge in [0.15, 0.2) is 0 Å². The number of hydrogen-bond acceptors (Lipinski definition) is 4. The molecule has 20 heavy (non-hydrogen) atoms. The first-order chi connectivity index (χ1) is 9.63. The zero-order valence-electron chi connectivity index (χ0n) is 12.0. The third-order valence-electron chi connectivity index (χ3n) is 3.18. The van der Waals surface area contributed by atoms with E-state index in [1.807, 2.05) is 44.6 Å². The monoisotopic (exact) mass is 289 g/mol. The molecule has 0 spiro atoms. The Morgan fingerprint density at radius 1 is 1.40 bits per heavy atom. The average Bonchev–Trinajstić information content (AvgIpc) is 2.98. The number of amides is 1. The van der Waals surface area contributed by atoms with E-state index in [0.717, 1.165) is 23.5 Å². The van der Waals surface area contributed by atoms with Crippen LogP contribution in [-0.2, 0) is 0 Å². The molecule has 0 aliphatic rings. The summed E-state index contributed by atoms with van der Waals surface area (Å²) in [7, 11) is 3.69. The van der Waals surface area contributed by atoms with Crippen molar-refractivity contribution < 1.29 is 4.79 Å². The lowest BCUT2D eigenvalue weighted by Gasteiger charge is -2.18.